The molecule has 0 atom stereocenters. The van der Waals surface area contributed by atoms with Gasteiger partial charge in [-0.25, -0.2) is 4.79 Å². The van der Waals surface area contributed by atoms with Gasteiger partial charge < -0.3 is 9.72 Å². The van der Waals surface area contributed by atoms with E-state index in [1.807, 2.05) is 25.3 Å². The molecule has 21 heavy (non-hydrogen) atoms. The summed E-state index contributed by atoms with van der Waals surface area (Å²) in [5.74, 6) is -0.630. The van der Waals surface area contributed by atoms with Crippen LogP contribution in [0.1, 0.15) is 22.8 Å². The number of esters is 1. The highest BCUT2D eigenvalue weighted by Gasteiger charge is 2.16. The number of benzene rings is 1. The van der Waals surface area contributed by atoms with E-state index in [1.165, 1.54) is 6.20 Å². The van der Waals surface area contributed by atoms with Gasteiger partial charge in [0.05, 0.1) is 17.6 Å². The molecular weight excluding hydrogens is 268 g/mol. The third-order valence-electron chi connectivity index (χ3n) is 3.48. The SMILES string of the molecule is CCOC(=O)c1cnc2c(C)c3[nH]cccc3cc2c1=O. The summed E-state index contributed by atoms with van der Waals surface area (Å²) >= 11 is 0. The van der Waals surface area contributed by atoms with Gasteiger partial charge in [-0.05, 0) is 36.9 Å². The molecule has 0 amide bonds. The van der Waals surface area contributed by atoms with E-state index in [0.29, 0.717) is 10.9 Å². The number of ether oxygens (including phenoxy) is 1. The minimum atomic E-state index is -0.630. The minimum Gasteiger partial charge on any atom is -0.462 e. The van der Waals surface area contributed by atoms with Gasteiger partial charge in [-0.2, -0.15) is 0 Å². The molecule has 0 aliphatic heterocycles. The molecule has 2 aromatic heterocycles. The normalized spacial score (nSPS) is 11.0. The molecule has 0 bridgehead atoms. The Labute approximate surface area is 120 Å². The van der Waals surface area contributed by atoms with E-state index in [-0.39, 0.29) is 17.6 Å². The molecule has 5 nitrogen and oxygen atoms in total. The number of carbonyl (C=O) groups is 1. The number of H-pyrrole nitrogens is 1. The van der Waals surface area contributed by atoms with Crippen molar-refractivity contribution in [3.05, 3.63) is 51.9 Å². The van der Waals surface area contributed by atoms with Crippen molar-refractivity contribution in [2.75, 3.05) is 6.61 Å². The van der Waals surface area contributed by atoms with Crippen molar-refractivity contribution in [3.63, 3.8) is 0 Å². The van der Waals surface area contributed by atoms with Gasteiger partial charge in [0.15, 0.2) is 0 Å². The molecule has 1 N–H and O–H groups in total. The number of nitrogens with one attached hydrogen (secondary N) is 1. The number of aryl methyl sites for hydroxylation is 1. The van der Waals surface area contributed by atoms with E-state index in [4.69, 9.17) is 4.74 Å². The molecule has 0 radical (unpaired) electrons. The number of hydrogen-bond acceptors (Lipinski definition) is 4. The van der Waals surface area contributed by atoms with E-state index in [2.05, 4.69) is 9.97 Å². The zero-order valence-corrected chi connectivity index (χ0v) is 11.8. The molecule has 0 spiro atoms. The van der Waals surface area contributed by atoms with Gasteiger partial charge in [0.2, 0.25) is 5.43 Å². The monoisotopic (exact) mass is 282 g/mol. The van der Waals surface area contributed by atoms with Crippen LogP contribution in [0.5, 0.6) is 0 Å². The summed E-state index contributed by atoms with van der Waals surface area (Å²) in [6.45, 7) is 3.82. The lowest BCUT2D eigenvalue weighted by Gasteiger charge is -2.07. The first-order valence-corrected chi connectivity index (χ1v) is 6.70. The second-order valence-electron chi connectivity index (χ2n) is 4.75. The van der Waals surface area contributed by atoms with Crippen LogP contribution in [0.2, 0.25) is 0 Å². The topological polar surface area (TPSA) is 72.0 Å². The minimum absolute atomic E-state index is 0.0250. The molecule has 5 heteroatoms. The number of nitrogens with zero attached hydrogens (tertiary/aromatic N) is 1. The molecule has 1 aromatic carbocycles. The molecule has 3 aromatic rings. The molecule has 2 heterocycles. The highest BCUT2D eigenvalue weighted by molar-refractivity contribution is 6.01. The highest BCUT2D eigenvalue weighted by Crippen LogP contribution is 2.23. The summed E-state index contributed by atoms with van der Waals surface area (Å²) in [6, 6.07) is 5.53. The van der Waals surface area contributed by atoms with E-state index in [9.17, 15) is 9.59 Å². The number of aromatic amines is 1. The number of hydrogen-bond donors (Lipinski definition) is 1. The molecule has 0 fully saturated rings. The van der Waals surface area contributed by atoms with Gasteiger partial charge >= 0.3 is 5.97 Å². The molecule has 0 aliphatic carbocycles. The van der Waals surface area contributed by atoms with Crippen molar-refractivity contribution in [1.29, 1.82) is 0 Å². The Morgan fingerprint density at radius 2 is 2.24 bits per heavy atom. The van der Waals surface area contributed by atoms with Crippen molar-refractivity contribution >= 4 is 27.8 Å². The zero-order chi connectivity index (χ0) is 15.0. The van der Waals surface area contributed by atoms with Crippen LogP contribution in [-0.2, 0) is 4.74 Å². The Morgan fingerprint density at radius 1 is 1.43 bits per heavy atom. The summed E-state index contributed by atoms with van der Waals surface area (Å²) in [6.07, 6.45) is 3.12. The Balaban J connectivity index is 2.36. The second kappa shape index (κ2) is 5.01. The van der Waals surface area contributed by atoms with Crippen LogP contribution >= 0.6 is 0 Å². The predicted molar refractivity (Wildman–Crippen MR) is 80.6 cm³/mol. The van der Waals surface area contributed by atoms with Crippen LogP contribution < -0.4 is 5.43 Å². The maximum atomic E-state index is 12.5. The van der Waals surface area contributed by atoms with E-state index in [1.54, 1.807) is 13.0 Å². The maximum absolute atomic E-state index is 12.5. The number of carbonyl (C=O) groups excluding carboxylic acids is 1. The third kappa shape index (κ3) is 2.07. The lowest BCUT2D eigenvalue weighted by atomic mass is 10.0. The van der Waals surface area contributed by atoms with Crippen LogP contribution in [0.15, 0.2) is 35.4 Å². The van der Waals surface area contributed by atoms with Gasteiger partial charge in [-0.1, -0.05) is 6.07 Å². The lowest BCUT2D eigenvalue weighted by molar-refractivity contribution is 0.0524. The van der Waals surface area contributed by atoms with Gasteiger partial charge in [0.1, 0.15) is 5.56 Å². The molecule has 3 rings (SSSR count). The number of pyridine rings is 2. The van der Waals surface area contributed by atoms with Crippen LogP contribution in [0.3, 0.4) is 0 Å². The number of fused-ring (bicyclic) bond motifs is 2. The fourth-order valence-electron chi connectivity index (χ4n) is 2.47. The Hall–Kier alpha value is -2.69. The molecular formula is C16H14N2O3. The average Bonchev–Trinajstić information content (AvgIpc) is 2.49. The first-order chi connectivity index (χ1) is 10.1. The van der Waals surface area contributed by atoms with Gasteiger partial charge in [-0.3, -0.25) is 9.78 Å². The largest absolute Gasteiger partial charge is 0.462 e. The Kier molecular flexibility index (Phi) is 3.17. The van der Waals surface area contributed by atoms with Crippen molar-refractivity contribution in [2.24, 2.45) is 0 Å². The van der Waals surface area contributed by atoms with Crippen LogP contribution in [0, 0.1) is 6.92 Å². The van der Waals surface area contributed by atoms with Crippen LogP contribution in [0.25, 0.3) is 21.8 Å². The summed E-state index contributed by atoms with van der Waals surface area (Å²) in [5.41, 5.74) is 2.05. The molecule has 0 saturated carbocycles. The fourth-order valence-corrected chi connectivity index (χ4v) is 2.47. The number of rotatable bonds is 2. The van der Waals surface area contributed by atoms with Gasteiger partial charge in [0, 0.05) is 17.8 Å². The van der Waals surface area contributed by atoms with Crippen LogP contribution in [0.4, 0.5) is 0 Å². The summed E-state index contributed by atoms with van der Waals surface area (Å²) in [4.78, 5) is 31.7. The third-order valence-corrected chi connectivity index (χ3v) is 3.48. The molecule has 0 aliphatic rings. The van der Waals surface area contributed by atoms with Crippen molar-refractivity contribution in [3.8, 4) is 0 Å². The Morgan fingerprint density at radius 3 is 3.00 bits per heavy atom. The van der Waals surface area contributed by atoms with E-state index >= 15 is 0 Å². The summed E-state index contributed by atoms with van der Waals surface area (Å²) < 4.78 is 4.89. The maximum Gasteiger partial charge on any atom is 0.343 e. The molecule has 106 valence electrons. The second-order valence-corrected chi connectivity index (χ2v) is 4.75. The first kappa shape index (κ1) is 13.3. The van der Waals surface area contributed by atoms with Crippen molar-refractivity contribution in [1.82, 2.24) is 9.97 Å². The zero-order valence-electron chi connectivity index (χ0n) is 11.8. The average molecular weight is 282 g/mol. The summed E-state index contributed by atoms with van der Waals surface area (Å²) in [7, 11) is 0. The molecule has 0 unspecified atom stereocenters. The van der Waals surface area contributed by atoms with Crippen molar-refractivity contribution in [2.45, 2.75) is 13.8 Å². The molecule has 0 saturated heterocycles. The quantitative estimate of drug-likeness (QED) is 0.579. The standard InChI is InChI=1S/C16H14N2O3/c1-3-21-16(20)12-8-18-14-9(2)13-10(5-4-6-17-13)7-11(14)15(12)19/h4-8,17H,3H2,1-2H3. The van der Waals surface area contributed by atoms with Crippen molar-refractivity contribution < 1.29 is 9.53 Å². The Bertz CT molecular complexity index is 912. The fraction of sp³-hybridized carbons (Fsp3) is 0.188. The van der Waals surface area contributed by atoms with Crippen LogP contribution in [-0.4, -0.2) is 22.5 Å². The predicted octanol–water partition coefficient (Wildman–Crippen LogP) is 2.56. The smallest absolute Gasteiger partial charge is 0.343 e. The lowest BCUT2D eigenvalue weighted by Crippen LogP contribution is -2.18. The van der Waals surface area contributed by atoms with E-state index in [0.717, 1.165) is 16.5 Å². The first-order valence-electron chi connectivity index (χ1n) is 6.70. The van der Waals surface area contributed by atoms with Gasteiger partial charge in [-0.15, -0.1) is 0 Å². The number of aromatic nitrogens is 2. The van der Waals surface area contributed by atoms with E-state index < -0.39 is 5.97 Å². The van der Waals surface area contributed by atoms with Gasteiger partial charge in [0.25, 0.3) is 0 Å². The highest BCUT2D eigenvalue weighted by atomic mass is 16.5. The summed E-state index contributed by atoms with van der Waals surface area (Å²) in [5, 5.41) is 1.34.